The van der Waals surface area contributed by atoms with Gasteiger partial charge in [0.05, 0.1) is 12.1 Å². The number of hydrogen-bond acceptors (Lipinski definition) is 5. The molecule has 0 aliphatic carbocycles. The van der Waals surface area contributed by atoms with Crippen LogP contribution >= 0.6 is 0 Å². The first-order valence-electron chi connectivity index (χ1n) is 14.8. The predicted molar refractivity (Wildman–Crippen MR) is 164 cm³/mol. The summed E-state index contributed by atoms with van der Waals surface area (Å²) >= 11 is 0. The van der Waals surface area contributed by atoms with Crippen LogP contribution in [0.15, 0.2) is 103 Å². The van der Waals surface area contributed by atoms with Crippen molar-refractivity contribution in [2.75, 3.05) is 13.1 Å². The lowest BCUT2D eigenvalue weighted by molar-refractivity contribution is 0.0762. The highest BCUT2D eigenvalue weighted by Crippen LogP contribution is 2.46. The number of ether oxygens (including phenoxy) is 2. The third kappa shape index (κ3) is 5.24. The summed E-state index contributed by atoms with van der Waals surface area (Å²) < 4.78 is 26.6. The van der Waals surface area contributed by atoms with Gasteiger partial charge in [0.1, 0.15) is 23.2 Å². The molecule has 0 N–H and O–H groups in total. The van der Waals surface area contributed by atoms with Crippen molar-refractivity contribution in [2.45, 2.75) is 32.0 Å². The normalized spacial score (nSPS) is 14.4. The molecule has 1 aromatic heterocycles. The molecule has 1 saturated heterocycles. The second-order valence-electron chi connectivity index (χ2n) is 11.1. The highest BCUT2D eigenvalue weighted by Gasteiger charge is 2.38. The summed E-state index contributed by atoms with van der Waals surface area (Å²) in [6.07, 6.45) is 2.51. The maximum absolute atomic E-state index is 14.3. The van der Waals surface area contributed by atoms with Gasteiger partial charge in [-0.2, -0.15) is 0 Å². The summed E-state index contributed by atoms with van der Waals surface area (Å²) in [7, 11) is 0. The number of amides is 2. The lowest BCUT2D eigenvalue weighted by Gasteiger charge is -2.24. The quantitative estimate of drug-likeness (QED) is 0.200. The van der Waals surface area contributed by atoms with Crippen LogP contribution in [0, 0.1) is 5.82 Å². The van der Waals surface area contributed by atoms with E-state index in [1.807, 2.05) is 66.7 Å². The molecule has 0 atom stereocenters. The van der Waals surface area contributed by atoms with Crippen LogP contribution in [0.5, 0.6) is 11.5 Å². The summed E-state index contributed by atoms with van der Waals surface area (Å²) in [5.41, 5.74) is 3.92. The number of fused-ring (bicyclic) bond motifs is 2. The fourth-order valence-electron chi connectivity index (χ4n) is 6.02. The molecule has 5 aromatic rings. The molecule has 220 valence electrons. The SMILES string of the molecule is O=C(Oc1c2c(c(OC(c3ccccc3)c3ccccc3)c3ncccc13)C(=O)N(Cc1ccc(F)cc1)C2)N1CCCC1. The minimum absolute atomic E-state index is 0.191. The largest absolute Gasteiger partial charge is 0.478 e. The van der Waals surface area contributed by atoms with E-state index in [1.165, 1.54) is 12.1 Å². The van der Waals surface area contributed by atoms with Crippen LogP contribution in [-0.4, -0.2) is 39.9 Å². The fraction of sp³-hybridized carbons (Fsp3) is 0.194. The lowest BCUT2D eigenvalue weighted by atomic mass is 9.99. The summed E-state index contributed by atoms with van der Waals surface area (Å²) in [5, 5.41) is 0.588. The van der Waals surface area contributed by atoms with Crippen molar-refractivity contribution < 1.29 is 23.5 Å². The molecular weight excluding hydrogens is 557 g/mol. The van der Waals surface area contributed by atoms with Gasteiger partial charge in [0, 0.05) is 36.8 Å². The van der Waals surface area contributed by atoms with E-state index in [0.717, 1.165) is 29.5 Å². The van der Waals surface area contributed by atoms with Crippen LogP contribution in [0.1, 0.15) is 51.6 Å². The summed E-state index contributed by atoms with van der Waals surface area (Å²) in [6, 6.07) is 29.4. The maximum atomic E-state index is 14.3. The Morgan fingerprint density at radius 1 is 0.841 bits per heavy atom. The van der Waals surface area contributed by atoms with Crippen LogP contribution in [0.4, 0.5) is 9.18 Å². The van der Waals surface area contributed by atoms with Gasteiger partial charge in [-0.25, -0.2) is 9.18 Å². The molecule has 44 heavy (non-hydrogen) atoms. The number of rotatable bonds is 7. The van der Waals surface area contributed by atoms with Gasteiger partial charge in [-0.3, -0.25) is 9.78 Å². The Kier molecular flexibility index (Phi) is 7.40. The number of nitrogens with zero attached hydrogens (tertiary/aromatic N) is 3. The number of carbonyl (C=O) groups excluding carboxylic acids is 2. The van der Waals surface area contributed by atoms with Gasteiger partial charge in [-0.05, 0) is 53.8 Å². The smallest absolute Gasteiger partial charge is 0.415 e. The highest BCUT2D eigenvalue weighted by atomic mass is 19.1. The Balaban J connectivity index is 1.38. The van der Waals surface area contributed by atoms with E-state index in [2.05, 4.69) is 4.98 Å². The number of hydrogen-bond donors (Lipinski definition) is 0. The van der Waals surface area contributed by atoms with Crippen molar-refractivity contribution in [1.29, 1.82) is 0 Å². The molecule has 0 bridgehead atoms. The summed E-state index contributed by atoms with van der Waals surface area (Å²) in [5.74, 6) is 0.0335. The van der Waals surface area contributed by atoms with E-state index in [-0.39, 0.29) is 24.8 Å². The molecule has 4 aromatic carbocycles. The molecule has 0 unspecified atom stereocenters. The Hall–Kier alpha value is -5.24. The minimum atomic E-state index is -0.538. The van der Waals surface area contributed by atoms with Gasteiger partial charge in [0.2, 0.25) is 0 Å². The first-order valence-corrected chi connectivity index (χ1v) is 14.8. The number of benzene rings is 4. The molecule has 2 aliphatic rings. The molecule has 2 aliphatic heterocycles. The van der Waals surface area contributed by atoms with Gasteiger partial charge in [-0.1, -0.05) is 72.8 Å². The Labute approximate surface area is 254 Å². The van der Waals surface area contributed by atoms with Gasteiger partial charge in [0.15, 0.2) is 5.75 Å². The maximum Gasteiger partial charge on any atom is 0.415 e. The second-order valence-corrected chi connectivity index (χ2v) is 11.1. The highest BCUT2D eigenvalue weighted by molar-refractivity contribution is 6.09. The van der Waals surface area contributed by atoms with Gasteiger partial charge in [0.25, 0.3) is 5.91 Å². The van der Waals surface area contributed by atoms with Crippen LogP contribution in [0.25, 0.3) is 10.9 Å². The first kappa shape index (κ1) is 27.6. The van der Waals surface area contributed by atoms with Gasteiger partial charge >= 0.3 is 6.09 Å². The minimum Gasteiger partial charge on any atom is -0.478 e. The van der Waals surface area contributed by atoms with Crippen LogP contribution in [0.3, 0.4) is 0 Å². The number of carbonyl (C=O) groups is 2. The molecule has 7 nitrogen and oxygen atoms in total. The molecule has 1 fully saturated rings. The zero-order valence-corrected chi connectivity index (χ0v) is 24.0. The number of halogens is 1. The molecule has 3 heterocycles. The molecule has 8 heteroatoms. The van der Waals surface area contributed by atoms with E-state index in [4.69, 9.17) is 9.47 Å². The van der Waals surface area contributed by atoms with Crippen molar-refractivity contribution in [2.24, 2.45) is 0 Å². The van der Waals surface area contributed by atoms with E-state index < -0.39 is 12.2 Å². The van der Waals surface area contributed by atoms with Gasteiger partial charge < -0.3 is 19.3 Å². The van der Waals surface area contributed by atoms with Crippen molar-refractivity contribution in [3.05, 3.63) is 137 Å². The molecule has 7 rings (SSSR count). The van der Waals surface area contributed by atoms with Crippen molar-refractivity contribution >= 4 is 22.9 Å². The van der Waals surface area contributed by atoms with Crippen molar-refractivity contribution in [3.63, 3.8) is 0 Å². The molecule has 2 amide bonds. The van der Waals surface area contributed by atoms with Gasteiger partial charge in [-0.15, -0.1) is 0 Å². The number of likely N-dealkylation sites (tertiary alicyclic amines) is 1. The Bertz CT molecular complexity index is 1780. The number of pyridine rings is 1. The van der Waals surface area contributed by atoms with E-state index in [1.54, 1.807) is 34.2 Å². The zero-order valence-electron chi connectivity index (χ0n) is 24.0. The number of aromatic nitrogens is 1. The second kappa shape index (κ2) is 11.8. The third-order valence-corrected chi connectivity index (χ3v) is 8.20. The average Bonchev–Trinajstić information content (AvgIpc) is 3.72. The lowest BCUT2D eigenvalue weighted by Crippen LogP contribution is -2.31. The standard InChI is InChI=1S/C36H30FN3O4/c37-27-17-15-24(16-18-27)22-40-23-29-30(35(40)41)34(43-32(25-10-3-1-4-11-25)26-12-5-2-6-13-26)31-28(14-9-19-38-31)33(29)44-36(42)39-20-7-8-21-39/h1-6,9-19,32H,7-8,20-23H2. The van der Waals surface area contributed by atoms with E-state index >= 15 is 0 Å². The van der Waals surface area contributed by atoms with Crippen LogP contribution in [0.2, 0.25) is 0 Å². The van der Waals surface area contributed by atoms with E-state index in [9.17, 15) is 14.0 Å². The molecule has 0 radical (unpaired) electrons. The average molecular weight is 588 g/mol. The fourth-order valence-corrected chi connectivity index (χ4v) is 6.02. The molecule has 0 spiro atoms. The Morgan fingerprint density at radius 3 is 2.16 bits per heavy atom. The first-order chi connectivity index (χ1) is 21.6. The van der Waals surface area contributed by atoms with Crippen LogP contribution < -0.4 is 9.47 Å². The van der Waals surface area contributed by atoms with Crippen molar-refractivity contribution in [3.8, 4) is 11.5 Å². The monoisotopic (exact) mass is 587 g/mol. The van der Waals surface area contributed by atoms with E-state index in [0.29, 0.717) is 46.6 Å². The Morgan fingerprint density at radius 2 is 1.50 bits per heavy atom. The van der Waals surface area contributed by atoms with Crippen molar-refractivity contribution in [1.82, 2.24) is 14.8 Å². The zero-order chi connectivity index (χ0) is 30.0. The topological polar surface area (TPSA) is 72.0 Å². The summed E-state index contributed by atoms with van der Waals surface area (Å²) in [4.78, 5) is 35.6. The third-order valence-electron chi connectivity index (χ3n) is 8.20. The predicted octanol–water partition coefficient (Wildman–Crippen LogP) is 7.29. The molecule has 0 saturated carbocycles. The molecular formula is C36H30FN3O4. The summed E-state index contributed by atoms with van der Waals surface area (Å²) in [6.45, 7) is 1.70. The van der Waals surface area contributed by atoms with Crippen LogP contribution in [-0.2, 0) is 13.1 Å².